The van der Waals surface area contributed by atoms with Gasteiger partial charge < -0.3 is 15.7 Å². The van der Waals surface area contributed by atoms with E-state index in [9.17, 15) is 23.1 Å². The van der Waals surface area contributed by atoms with E-state index < -0.39 is 22.0 Å². The summed E-state index contributed by atoms with van der Waals surface area (Å²) in [6, 6.07) is 17.8. The number of aromatic hydroxyl groups is 1. The summed E-state index contributed by atoms with van der Waals surface area (Å²) in [7, 11) is -4.00. The number of carbonyl (C=O) groups is 2. The first-order valence-corrected chi connectivity index (χ1v) is 11.8. The number of anilines is 2. The average molecular weight is 488 g/mol. The summed E-state index contributed by atoms with van der Waals surface area (Å²) in [6.45, 7) is 1.66. The predicted octanol–water partition coefficient (Wildman–Crippen LogP) is 3.99. The van der Waals surface area contributed by atoms with Crippen LogP contribution in [0.15, 0.2) is 77.7 Å². The van der Waals surface area contributed by atoms with Crippen LogP contribution in [0, 0.1) is 0 Å². The van der Waals surface area contributed by atoms with Crippen LogP contribution in [-0.2, 0) is 14.8 Å². The van der Waals surface area contributed by atoms with Gasteiger partial charge in [-0.2, -0.15) is 0 Å². The zero-order valence-electron chi connectivity index (χ0n) is 17.6. The minimum atomic E-state index is -4.00. The molecule has 0 saturated heterocycles. The first-order chi connectivity index (χ1) is 15.6. The van der Waals surface area contributed by atoms with Crippen molar-refractivity contribution in [2.45, 2.75) is 24.3 Å². The Morgan fingerprint density at radius 2 is 1.73 bits per heavy atom. The molecular formula is C23H22ClN3O5S. The van der Waals surface area contributed by atoms with Crippen LogP contribution in [0.2, 0.25) is 5.02 Å². The second-order valence-corrected chi connectivity index (χ2v) is 9.41. The molecule has 8 nitrogen and oxygen atoms in total. The molecule has 0 unspecified atom stereocenters. The number of halogens is 1. The summed E-state index contributed by atoms with van der Waals surface area (Å²) in [5.41, 5.74) is 0.659. The molecule has 2 amide bonds. The third-order valence-corrected chi connectivity index (χ3v) is 6.15. The number of benzene rings is 3. The average Bonchev–Trinajstić information content (AvgIpc) is 2.75. The monoisotopic (exact) mass is 487 g/mol. The molecule has 172 valence electrons. The van der Waals surface area contributed by atoms with Gasteiger partial charge in [-0.25, -0.2) is 8.42 Å². The molecule has 0 aromatic heterocycles. The Morgan fingerprint density at radius 3 is 2.42 bits per heavy atom. The summed E-state index contributed by atoms with van der Waals surface area (Å²) < 4.78 is 27.8. The summed E-state index contributed by atoms with van der Waals surface area (Å²) >= 11 is 5.89. The highest BCUT2D eigenvalue weighted by molar-refractivity contribution is 7.92. The number of sulfonamides is 1. The SMILES string of the molecule is C[C@H](CC(=O)Nc1cc(S(=O)(=O)Nc2cccc(Cl)c2)ccc1O)NC(=O)c1ccccc1. The van der Waals surface area contributed by atoms with Crippen LogP contribution in [0.4, 0.5) is 11.4 Å². The fraction of sp³-hybridized carbons (Fsp3) is 0.130. The van der Waals surface area contributed by atoms with Crippen LogP contribution >= 0.6 is 11.6 Å². The van der Waals surface area contributed by atoms with E-state index in [0.717, 1.165) is 6.07 Å². The minimum absolute atomic E-state index is 0.0736. The lowest BCUT2D eigenvalue weighted by Gasteiger charge is -2.15. The molecule has 3 aromatic carbocycles. The number of phenols is 1. The molecule has 10 heteroatoms. The third kappa shape index (κ3) is 6.71. The van der Waals surface area contributed by atoms with E-state index in [0.29, 0.717) is 10.6 Å². The van der Waals surface area contributed by atoms with Gasteiger partial charge in [0.1, 0.15) is 5.75 Å². The number of phenolic OH excluding ortho intramolecular Hbond substituents is 1. The van der Waals surface area contributed by atoms with Crippen molar-refractivity contribution in [3.63, 3.8) is 0 Å². The van der Waals surface area contributed by atoms with Gasteiger partial charge in [0.15, 0.2) is 0 Å². The maximum absolute atomic E-state index is 12.7. The largest absolute Gasteiger partial charge is 0.506 e. The normalized spacial score (nSPS) is 11.9. The van der Waals surface area contributed by atoms with Crippen molar-refractivity contribution in [3.8, 4) is 5.75 Å². The fourth-order valence-corrected chi connectivity index (χ4v) is 4.24. The molecule has 1 atom stereocenters. The molecule has 0 spiro atoms. The lowest BCUT2D eigenvalue weighted by Crippen LogP contribution is -2.35. The van der Waals surface area contributed by atoms with E-state index in [1.807, 2.05) is 0 Å². The fourth-order valence-electron chi connectivity index (χ4n) is 2.98. The molecule has 0 aliphatic heterocycles. The van der Waals surface area contributed by atoms with Crippen molar-refractivity contribution < 1.29 is 23.1 Å². The highest BCUT2D eigenvalue weighted by Gasteiger charge is 2.19. The summed E-state index contributed by atoms with van der Waals surface area (Å²) in [6.07, 6.45) is -0.0875. The topological polar surface area (TPSA) is 125 Å². The predicted molar refractivity (Wildman–Crippen MR) is 127 cm³/mol. The van der Waals surface area contributed by atoms with E-state index in [2.05, 4.69) is 15.4 Å². The van der Waals surface area contributed by atoms with Gasteiger partial charge in [-0.05, 0) is 55.5 Å². The number of amides is 2. The quantitative estimate of drug-likeness (QED) is 0.357. The Kier molecular flexibility index (Phi) is 7.57. The molecule has 33 heavy (non-hydrogen) atoms. The molecule has 0 aliphatic carbocycles. The number of rotatable bonds is 8. The summed E-state index contributed by atoms with van der Waals surface area (Å²) in [4.78, 5) is 24.5. The van der Waals surface area contributed by atoms with Crippen LogP contribution in [0.5, 0.6) is 5.75 Å². The van der Waals surface area contributed by atoms with E-state index in [-0.39, 0.29) is 34.3 Å². The molecule has 3 rings (SSSR count). The summed E-state index contributed by atoms with van der Waals surface area (Å²) in [5.74, 6) is -1.13. The minimum Gasteiger partial charge on any atom is -0.506 e. The van der Waals surface area contributed by atoms with E-state index in [4.69, 9.17) is 11.6 Å². The Labute approximate surface area is 196 Å². The standard InChI is InChI=1S/C23H22ClN3O5S/c1-15(25-23(30)16-6-3-2-4-7-16)12-22(29)26-20-14-19(10-11-21(20)28)33(31,32)27-18-9-5-8-17(24)13-18/h2-11,13-15,27-28H,12H2,1H3,(H,25,30)(H,26,29)/t15-/m1/s1. The van der Waals surface area contributed by atoms with Crippen molar-refractivity contribution in [1.82, 2.24) is 5.32 Å². The second kappa shape index (κ2) is 10.4. The lowest BCUT2D eigenvalue weighted by molar-refractivity contribution is -0.116. The van der Waals surface area contributed by atoms with Crippen molar-refractivity contribution >= 4 is 44.8 Å². The van der Waals surface area contributed by atoms with Crippen LogP contribution in [0.3, 0.4) is 0 Å². The van der Waals surface area contributed by atoms with Gasteiger partial charge in [0.25, 0.3) is 15.9 Å². The van der Waals surface area contributed by atoms with Crippen LogP contribution < -0.4 is 15.4 Å². The van der Waals surface area contributed by atoms with Gasteiger partial charge in [-0.15, -0.1) is 0 Å². The van der Waals surface area contributed by atoms with Crippen LogP contribution in [-0.4, -0.2) is 31.4 Å². The molecule has 4 N–H and O–H groups in total. The van der Waals surface area contributed by atoms with Crippen molar-refractivity contribution in [2.24, 2.45) is 0 Å². The zero-order chi connectivity index (χ0) is 24.0. The van der Waals surface area contributed by atoms with Gasteiger partial charge >= 0.3 is 0 Å². The number of nitrogens with one attached hydrogen (secondary N) is 3. The van der Waals surface area contributed by atoms with Crippen molar-refractivity contribution in [3.05, 3.63) is 83.4 Å². The molecule has 0 radical (unpaired) electrons. The van der Waals surface area contributed by atoms with Gasteiger partial charge in [-0.3, -0.25) is 14.3 Å². The van der Waals surface area contributed by atoms with Gasteiger partial charge in [0.2, 0.25) is 5.91 Å². The van der Waals surface area contributed by atoms with Crippen LogP contribution in [0.25, 0.3) is 0 Å². The van der Waals surface area contributed by atoms with Crippen molar-refractivity contribution in [1.29, 1.82) is 0 Å². The first kappa shape index (κ1) is 24.1. The highest BCUT2D eigenvalue weighted by atomic mass is 35.5. The maximum Gasteiger partial charge on any atom is 0.261 e. The van der Waals surface area contributed by atoms with Gasteiger partial charge in [-0.1, -0.05) is 35.9 Å². The maximum atomic E-state index is 12.7. The summed E-state index contributed by atoms with van der Waals surface area (Å²) in [5, 5.41) is 15.7. The van der Waals surface area contributed by atoms with E-state index in [1.54, 1.807) is 49.4 Å². The first-order valence-electron chi connectivity index (χ1n) is 9.91. The van der Waals surface area contributed by atoms with Gasteiger partial charge in [0, 0.05) is 23.0 Å². The smallest absolute Gasteiger partial charge is 0.261 e. The zero-order valence-corrected chi connectivity index (χ0v) is 19.2. The molecule has 0 aliphatic rings. The Hall–Kier alpha value is -3.56. The number of hydrogen-bond acceptors (Lipinski definition) is 5. The Bertz CT molecular complexity index is 1270. The van der Waals surface area contributed by atoms with Gasteiger partial charge in [0.05, 0.1) is 16.3 Å². The number of carbonyl (C=O) groups excluding carboxylic acids is 2. The molecule has 0 bridgehead atoms. The second-order valence-electron chi connectivity index (χ2n) is 7.29. The molecule has 0 saturated carbocycles. The molecule has 0 fully saturated rings. The Morgan fingerprint density at radius 1 is 1.00 bits per heavy atom. The highest BCUT2D eigenvalue weighted by Crippen LogP contribution is 2.28. The van der Waals surface area contributed by atoms with Crippen molar-refractivity contribution in [2.75, 3.05) is 10.0 Å². The molecule has 3 aromatic rings. The van der Waals surface area contributed by atoms with E-state index in [1.165, 1.54) is 24.3 Å². The molecular weight excluding hydrogens is 466 g/mol. The number of hydrogen-bond donors (Lipinski definition) is 4. The van der Waals surface area contributed by atoms with Crippen LogP contribution in [0.1, 0.15) is 23.7 Å². The third-order valence-electron chi connectivity index (χ3n) is 4.53. The van der Waals surface area contributed by atoms with E-state index >= 15 is 0 Å². The molecule has 0 heterocycles. The lowest BCUT2D eigenvalue weighted by atomic mass is 10.1. The Balaban J connectivity index is 1.66.